The highest BCUT2D eigenvalue weighted by molar-refractivity contribution is 5.84. The molecule has 7 heteroatoms. The van der Waals surface area contributed by atoms with Crippen LogP contribution in [0.1, 0.15) is 26.3 Å². The van der Waals surface area contributed by atoms with Crippen molar-refractivity contribution in [2.45, 2.75) is 32.0 Å². The second kappa shape index (κ2) is 6.15. The van der Waals surface area contributed by atoms with Crippen LogP contribution in [-0.4, -0.2) is 53.9 Å². The van der Waals surface area contributed by atoms with E-state index >= 15 is 0 Å². The van der Waals surface area contributed by atoms with Gasteiger partial charge in [0.25, 0.3) is 0 Å². The summed E-state index contributed by atoms with van der Waals surface area (Å²) in [6.07, 6.45) is 1.14. The van der Waals surface area contributed by atoms with Gasteiger partial charge in [-0.15, -0.1) is 0 Å². The van der Waals surface area contributed by atoms with Gasteiger partial charge in [0.15, 0.2) is 0 Å². The van der Waals surface area contributed by atoms with Gasteiger partial charge in [0, 0.05) is 7.11 Å². The SMILES string of the molecule is COc1ncnc2ccc(C3(OC)CN(C(=O)OC(C)(C)C)C3)cc12. The van der Waals surface area contributed by atoms with E-state index in [2.05, 4.69) is 9.97 Å². The van der Waals surface area contributed by atoms with Gasteiger partial charge in [-0.2, -0.15) is 0 Å². The lowest BCUT2D eigenvalue weighted by Gasteiger charge is -2.49. The van der Waals surface area contributed by atoms with Crippen molar-refractivity contribution in [3.05, 3.63) is 30.1 Å². The van der Waals surface area contributed by atoms with E-state index in [0.29, 0.717) is 19.0 Å². The molecule has 7 nitrogen and oxygen atoms in total. The lowest BCUT2D eigenvalue weighted by atomic mass is 9.85. The molecule has 2 aromatic rings. The molecule has 1 aliphatic heterocycles. The number of aromatic nitrogens is 2. The van der Waals surface area contributed by atoms with E-state index in [9.17, 15) is 4.79 Å². The summed E-state index contributed by atoms with van der Waals surface area (Å²) in [4.78, 5) is 22.2. The molecule has 25 heavy (non-hydrogen) atoms. The molecule has 1 aromatic heterocycles. The molecular formula is C18H23N3O4. The predicted octanol–water partition coefficient (Wildman–Crippen LogP) is 2.73. The maximum Gasteiger partial charge on any atom is 0.410 e. The number of amides is 1. The number of carbonyl (C=O) groups excluding carboxylic acids is 1. The lowest BCUT2D eigenvalue weighted by Crippen LogP contribution is -2.62. The minimum atomic E-state index is -0.564. The Hall–Kier alpha value is -2.41. The van der Waals surface area contributed by atoms with Gasteiger partial charge in [0.05, 0.1) is 31.1 Å². The number of fused-ring (bicyclic) bond motifs is 1. The van der Waals surface area contributed by atoms with E-state index in [4.69, 9.17) is 14.2 Å². The van der Waals surface area contributed by atoms with Gasteiger partial charge in [-0.25, -0.2) is 14.8 Å². The zero-order valence-electron chi connectivity index (χ0n) is 15.2. The number of hydrogen-bond acceptors (Lipinski definition) is 6. The molecule has 1 amide bonds. The molecule has 2 heterocycles. The third kappa shape index (κ3) is 3.24. The molecule has 0 aliphatic carbocycles. The van der Waals surface area contributed by atoms with Crippen LogP contribution in [0.25, 0.3) is 10.9 Å². The number of likely N-dealkylation sites (tertiary alicyclic amines) is 1. The van der Waals surface area contributed by atoms with Crippen molar-refractivity contribution in [1.29, 1.82) is 0 Å². The van der Waals surface area contributed by atoms with E-state index in [-0.39, 0.29) is 6.09 Å². The molecule has 134 valence electrons. The Morgan fingerprint density at radius 3 is 2.52 bits per heavy atom. The van der Waals surface area contributed by atoms with E-state index < -0.39 is 11.2 Å². The number of carbonyl (C=O) groups is 1. The Balaban J connectivity index is 1.85. The summed E-state index contributed by atoms with van der Waals surface area (Å²) >= 11 is 0. The van der Waals surface area contributed by atoms with Crippen molar-refractivity contribution in [2.75, 3.05) is 27.3 Å². The van der Waals surface area contributed by atoms with Crippen LogP contribution in [0.2, 0.25) is 0 Å². The summed E-state index contributed by atoms with van der Waals surface area (Å²) in [7, 11) is 3.23. The van der Waals surface area contributed by atoms with Gasteiger partial charge < -0.3 is 19.1 Å². The Morgan fingerprint density at radius 1 is 1.20 bits per heavy atom. The first-order valence-corrected chi connectivity index (χ1v) is 8.10. The second-order valence-electron chi connectivity index (χ2n) is 7.15. The first-order chi connectivity index (χ1) is 11.8. The Labute approximate surface area is 146 Å². The number of hydrogen-bond donors (Lipinski definition) is 0. The molecule has 0 N–H and O–H groups in total. The summed E-state index contributed by atoms with van der Waals surface area (Å²) < 4.78 is 16.5. The largest absolute Gasteiger partial charge is 0.480 e. The summed E-state index contributed by atoms with van der Waals surface area (Å²) in [6, 6.07) is 5.83. The van der Waals surface area contributed by atoms with Crippen molar-refractivity contribution in [2.24, 2.45) is 0 Å². The fraction of sp³-hybridized carbons (Fsp3) is 0.500. The maximum atomic E-state index is 12.2. The van der Waals surface area contributed by atoms with Gasteiger partial charge in [0.1, 0.15) is 17.5 Å². The average Bonchev–Trinajstić information content (AvgIpc) is 2.52. The molecule has 3 rings (SSSR count). The van der Waals surface area contributed by atoms with Gasteiger partial charge >= 0.3 is 6.09 Å². The number of methoxy groups -OCH3 is 2. The summed E-state index contributed by atoms with van der Waals surface area (Å²) in [5.74, 6) is 0.515. The van der Waals surface area contributed by atoms with Crippen LogP contribution < -0.4 is 4.74 Å². The molecule has 1 fully saturated rings. The summed E-state index contributed by atoms with van der Waals surface area (Å²) in [5.41, 5.74) is 0.669. The second-order valence-corrected chi connectivity index (χ2v) is 7.15. The molecule has 0 unspecified atom stereocenters. The van der Waals surface area contributed by atoms with Crippen molar-refractivity contribution >= 4 is 17.0 Å². The number of rotatable bonds is 3. The van der Waals surface area contributed by atoms with E-state index in [1.165, 1.54) is 6.33 Å². The molecule has 1 aliphatic rings. The summed E-state index contributed by atoms with van der Waals surface area (Å²) in [5, 5.41) is 0.814. The standard InChI is InChI=1S/C18H23N3O4/c1-17(2,3)25-16(22)21-9-18(10-21,24-5)12-6-7-14-13(8-12)15(23-4)20-11-19-14/h6-8,11H,9-10H2,1-5H3. The molecule has 0 bridgehead atoms. The predicted molar refractivity (Wildman–Crippen MR) is 92.6 cm³/mol. The van der Waals surface area contributed by atoms with Crippen LogP contribution >= 0.6 is 0 Å². The average molecular weight is 345 g/mol. The normalized spacial score (nSPS) is 16.4. The van der Waals surface area contributed by atoms with Gasteiger partial charge in [-0.05, 0) is 38.5 Å². The van der Waals surface area contributed by atoms with E-state index in [1.807, 2.05) is 39.0 Å². The minimum absolute atomic E-state index is 0.332. The number of ether oxygens (including phenoxy) is 3. The maximum absolute atomic E-state index is 12.2. The van der Waals surface area contributed by atoms with Crippen molar-refractivity contribution in [3.8, 4) is 5.88 Å². The monoisotopic (exact) mass is 345 g/mol. The van der Waals surface area contributed by atoms with Crippen LogP contribution in [0.4, 0.5) is 4.79 Å². The van der Waals surface area contributed by atoms with Crippen molar-refractivity contribution in [1.82, 2.24) is 14.9 Å². The third-order valence-corrected chi connectivity index (χ3v) is 4.25. The lowest BCUT2D eigenvalue weighted by molar-refractivity contribution is -0.127. The molecule has 0 atom stereocenters. The van der Waals surface area contributed by atoms with Crippen LogP contribution in [-0.2, 0) is 15.1 Å². The quantitative estimate of drug-likeness (QED) is 0.851. The zero-order chi connectivity index (χ0) is 18.2. The Morgan fingerprint density at radius 2 is 1.92 bits per heavy atom. The van der Waals surface area contributed by atoms with Crippen LogP contribution in [0.5, 0.6) is 5.88 Å². The van der Waals surface area contributed by atoms with E-state index in [1.54, 1.807) is 19.1 Å². The van der Waals surface area contributed by atoms with Gasteiger partial charge in [-0.3, -0.25) is 0 Å². The van der Waals surface area contributed by atoms with Gasteiger partial charge in [-0.1, -0.05) is 6.07 Å². The van der Waals surface area contributed by atoms with Crippen LogP contribution in [0, 0.1) is 0 Å². The highest BCUT2D eigenvalue weighted by Crippen LogP contribution is 2.38. The van der Waals surface area contributed by atoms with Crippen LogP contribution in [0.3, 0.4) is 0 Å². The number of nitrogens with zero attached hydrogens (tertiary/aromatic N) is 3. The molecule has 0 saturated carbocycles. The summed E-state index contributed by atoms with van der Waals surface area (Å²) in [6.45, 7) is 6.41. The Kier molecular flexibility index (Phi) is 4.28. The zero-order valence-corrected chi connectivity index (χ0v) is 15.2. The van der Waals surface area contributed by atoms with Crippen LogP contribution in [0.15, 0.2) is 24.5 Å². The Bertz CT molecular complexity index is 794. The van der Waals surface area contributed by atoms with Crippen molar-refractivity contribution in [3.63, 3.8) is 0 Å². The molecule has 1 saturated heterocycles. The highest BCUT2D eigenvalue weighted by atomic mass is 16.6. The number of benzene rings is 1. The van der Waals surface area contributed by atoms with Crippen molar-refractivity contribution < 1.29 is 19.0 Å². The first-order valence-electron chi connectivity index (χ1n) is 8.10. The molecule has 1 aromatic carbocycles. The molecule has 0 radical (unpaired) electrons. The first kappa shape index (κ1) is 17.4. The van der Waals surface area contributed by atoms with E-state index in [0.717, 1.165) is 16.5 Å². The topological polar surface area (TPSA) is 73.8 Å². The fourth-order valence-corrected chi connectivity index (χ4v) is 2.93. The third-order valence-electron chi connectivity index (χ3n) is 4.25. The highest BCUT2D eigenvalue weighted by Gasteiger charge is 2.48. The molecular weight excluding hydrogens is 322 g/mol. The van der Waals surface area contributed by atoms with Gasteiger partial charge in [0.2, 0.25) is 5.88 Å². The fourth-order valence-electron chi connectivity index (χ4n) is 2.93. The smallest absolute Gasteiger partial charge is 0.410 e. The molecule has 0 spiro atoms. The minimum Gasteiger partial charge on any atom is -0.480 e.